The Balaban J connectivity index is 2.75. The summed E-state index contributed by atoms with van der Waals surface area (Å²) in [4.78, 5) is 4.57. The molecule has 2 aromatic rings. The van der Waals surface area contributed by atoms with Crippen LogP contribution < -0.4 is 9.47 Å². The normalized spacial score (nSPS) is 11.1. The number of rotatable bonds is 4. The van der Waals surface area contributed by atoms with Crippen LogP contribution in [0.25, 0.3) is 10.9 Å². The molecule has 0 aliphatic carbocycles. The first-order chi connectivity index (χ1) is 9.08. The average Bonchev–Trinajstić information content (AvgIpc) is 2.39. The molecule has 2 rings (SSSR count). The summed E-state index contributed by atoms with van der Waals surface area (Å²) in [6, 6.07) is 6.03. The molecule has 0 aliphatic rings. The van der Waals surface area contributed by atoms with Gasteiger partial charge in [-0.05, 0) is 46.5 Å². The van der Waals surface area contributed by atoms with Crippen LogP contribution in [0.4, 0.5) is 0 Å². The van der Waals surface area contributed by atoms with Crippen molar-refractivity contribution in [1.82, 2.24) is 4.98 Å². The van der Waals surface area contributed by atoms with Gasteiger partial charge in [0.2, 0.25) is 5.88 Å². The van der Waals surface area contributed by atoms with Crippen molar-refractivity contribution in [2.75, 3.05) is 13.7 Å². The van der Waals surface area contributed by atoms with E-state index in [4.69, 9.17) is 9.47 Å². The summed E-state index contributed by atoms with van der Waals surface area (Å²) in [5.74, 6) is 1.85. The highest BCUT2D eigenvalue weighted by Crippen LogP contribution is 2.36. The Morgan fingerprint density at radius 1 is 1.32 bits per heavy atom. The van der Waals surface area contributed by atoms with Crippen molar-refractivity contribution in [3.63, 3.8) is 0 Å². The summed E-state index contributed by atoms with van der Waals surface area (Å²) in [5, 5.41) is 1.13. The Morgan fingerprint density at radius 2 is 2.05 bits per heavy atom. The van der Waals surface area contributed by atoms with Crippen LogP contribution in [0.15, 0.2) is 22.7 Å². The molecule has 1 heterocycles. The van der Waals surface area contributed by atoms with E-state index in [0.717, 1.165) is 21.1 Å². The third-order valence-electron chi connectivity index (χ3n) is 3.03. The quantitative estimate of drug-likeness (QED) is 0.828. The predicted molar refractivity (Wildman–Crippen MR) is 81.3 cm³/mol. The third-order valence-corrected chi connectivity index (χ3v) is 3.79. The van der Waals surface area contributed by atoms with Gasteiger partial charge < -0.3 is 9.47 Å². The van der Waals surface area contributed by atoms with Crippen LogP contribution in [0.2, 0.25) is 0 Å². The zero-order chi connectivity index (χ0) is 14.0. The van der Waals surface area contributed by atoms with E-state index >= 15 is 0 Å². The van der Waals surface area contributed by atoms with Gasteiger partial charge in [-0.1, -0.05) is 13.8 Å². The summed E-state index contributed by atoms with van der Waals surface area (Å²) >= 11 is 3.57. The Hall–Kier alpha value is -1.29. The fourth-order valence-corrected chi connectivity index (χ4v) is 2.69. The molecule has 0 aliphatic heterocycles. The van der Waals surface area contributed by atoms with Gasteiger partial charge in [0.15, 0.2) is 0 Å². The van der Waals surface area contributed by atoms with E-state index in [2.05, 4.69) is 40.8 Å². The smallest absolute Gasteiger partial charge is 0.214 e. The van der Waals surface area contributed by atoms with Crippen molar-refractivity contribution >= 4 is 26.8 Å². The number of aromatic nitrogens is 1. The fraction of sp³-hybridized carbons (Fsp3) is 0.400. The Morgan fingerprint density at radius 3 is 2.63 bits per heavy atom. The minimum atomic E-state index is 0.407. The highest BCUT2D eigenvalue weighted by molar-refractivity contribution is 9.10. The average molecular weight is 324 g/mol. The topological polar surface area (TPSA) is 31.4 Å². The van der Waals surface area contributed by atoms with E-state index in [1.807, 2.05) is 19.1 Å². The maximum atomic E-state index is 5.56. The van der Waals surface area contributed by atoms with Crippen LogP contribution in [-0.4, -0.2) is 18.7 Å². The van der Waals surface area contributed by atoms with Gasteiger partial charge in [-0.2, -0.15) is 0 Å². The summed E-state index contributed by atoms with van der Waals surface area (Å²) in [5.41, 5.74) is 2.12. The fourth-order valence-electron chi connectivity index (χ4n) is 2.10. The first-order valence-electron chi connectivity index (χ1n) is 6.38. The van der Waals surface area contributed by atoms with Crippen molar-refractivity contribution in [2.24, 2.45) is 0 Å². The molecular formula is C15H18BrNO2. The van der Waals surface area contributed by atoms with Crippen molar-refractivity contribution in [1.29, 1.82) is 0 Å². The van der Waals surface area contributed by atoms with Crippen LogP contribution in [0.3, 0.4) is 0 Å². The monoisotopic (exact) mass is 323 g/mol. The van der Waals surface area contributed by atoms with E-state index in [9.17, 15) is 0 Å². The van der Waals surface area contributed by atoms with E-state index in [-0.39, 0.29) is 0 Å². The minimum absolute atomic E-state index is 0.407. The molecule has 4 heteroatoms. The van der Waals surface area contributed by atoms with Crippen LogP contribution in [-0.2, 0) is 0 Å². The van der Waals surface area contributed by atoms with Gasteiger partial charge >= 0.3 is 0 Å². The van der Waals surface area contributed by atoms with Crippen LogP contribution in [0, 0.1) is 0 Å². The van der Waals surface area contributed by atoms with Gasteiger partial charge in [0.1, 0.15) is 5.75 Å². The lowest BCUT2D eigenvalue weighted by Crippen LogP contribution is -1.99. The van der Waals surface area contributed by atoms with E-state index in [1.54, 1.807) is 7.11 Å². The first kappa shape index (κ1) is 14.1. The highest BCUT2D eigenvalue weighted by Gasteiger charge is 2.14. The van der Waals surface area contributed by atoms with E-state index < -0.39 is 0 Å². The lowest BCUT2D eigenvalue weighted by molar-refractivity contribution is 0.327. The molecule has 0 spiro atoms. The molecule has 0 amide bonds. The largest absolute Gasteiger partial charge is 0.495 e. The zero-order valence-electron chi connectivity index (χ0n) is 11.7. The van der Waals surface area contributed by atoms with Crippen molar-refractivity contribution in [2.45, 2.75) is 26.7 Å². The number of fused-ring (bicyclic) bond motifs is 1. The molecule has 0 unspecified atom stereocenters. The second-order valence-electron chi connectivity index (χ2n) is 4.62. The molecule has 0 atom stereocenters. The standard InChI is InChI=1S/C15H18BrNO2/c1-5-19-13-8-11(9(2)3)10-6-7-12(18-4)14(16)15(10)17-13/h6-9H,5H2,1-4H3. The molecule has 0 N–H and O–H groups in total. The number of halogens is 1. The number of hydrogen-bond acceptors (Lipinski definition) is 3. The van der Waals surface area contributed by atoms with Crippen LogP contribution in [0.1, 0.15) is 32.3 Å². The Bertz CT molecular complexity index is 596. The summed E-state index contributed by atoms with van der Waals surface area (Å²) in [6.07, 6.45) is 0. The molecule has 19 heavy (non-hydrogen) atoms. The maximum Gasteiger partial charge on any atom is 0.214 e. The third kappa shape index (κ3) is 2.68. The molecule has 0 saturated heterocycles. The molecule has 0 fully saturated rings. The van der Waals surface area contributed by atoms with Gasteiger partial charge in [0.05, 0.1) is 23.7 Å². The summed E-state index contributed by atoms with van der Waals surface area (Å²) in [6.45, 7) is 6.91. The molecule has 0 saturated carbocycles. The second kappa shape index (κ2) is 5.78. The summed E-state index contributed by atoms with van der Waals surface area (Å²) in [7, 11) is 1.65. The van der Waals surface area contributed by atoms with E-state index in [0.29, 0.717) is 18.4 Å². The van der Waals surface area contributed by atoms with Gasteiger partial charge in [0.25, 0.3) is 0 Å². The van der Waals surface area contributed by atoms with Crippen molar-refractivity contribution in [3.05, 3.63) is 28.2 Å². The summed E-state index contributed by atoms with van der Waals surface area (Å²) < 4.78 is 11.8. The van der Waals surface area contributed by atoms with Gasteiger partial charge in [0, 0.05) is 11.5 Å². The second-order valence-corrected chi connectivity index (χ2v) is 5.41. The van der Waals surface area contributed by atoms with Gasteiger partial charge in [-0.25, -0.2) is 4.98 Å². The van der Waals surface area contributed by atoms with Crippen molar-refractivity contribution < 1.29 is 9.47 Å². The number of benzene rings is 1. The molecule has 102 valence electrons. The molecular weight excluding hydrogens is 306 g/mol. The molecule has 1 aromatic carbocycles. The number of hydrogen-bond donors (Lipinski definition) is 0. The minimum Gasteiger partial charge on any atom is -0.495 e. The highest BCUT2D eigenvalue weighted by atomic mass is 79.9. The Kier molecular flexibility index (Phi) is 4.30. The molecule has 1 aromatic heterocycles. The number of pyridine rings is 1. The Labute approximate surface area is 122 Å². The van der Waals surface area contributed by atoms with E-state index in [1.165, 1.54) is 5.56 Å². The van der Waals surface area contributed by atoms with Crippen LogP contribution in [0.5, 0.6) is 11.6 Å². The first-order valence-corrected chi connectivity index (χ1v) is 7.17. The predicted octanol–water partition coefficient (Wildman–Crippen LogP) is 4.53. The number of nitrogens with zero attached hydrogens (tertiary/aromatic N) is 1. The molecule has 3 nitrogen and oxygen atoms in total. The number of ether oxygens (including phenoxy) is 2. The molecule has 0 radical (unpaired) electrons. The van der Waals surface area contributed by atoms with Crippen molar-refractivity contribution in [3.8, 4) is 11.6 Å². The van der Waals surface area contributed by atoms with Gasteiger partial charge in [-0.3, -0.25) is 0 Å². The zero-order valence-corrected chi connectivity index (χ0v) is 13.2. The lowest BCUT2D eigenvalue weighted by Gasteiger charge is -2.14. The number of methoxy groups -OCH3 is 1. The van der Waals surface area contributed by atoms with Gasteiger partial charge in [-0.15, -0.1) is 0 Å². The SMILES string of the molecule is CCOc1cc(C(C)C)c2ccc(OC)c(Br)c2n1. The van der Waals surface area contributed by atoms with Crippen LogP contribution >= 0.6 is 15.9 Å². The lowest BCUT2D eigenvalue weighted by atomic mass is 9.99. The molecule has 0 bridgehead atoms. The maximum absolute atomic E-state index is 5.56.